The molecule has 2 aromatic rings. The summed E-state index contributed by atoms with van der Waals surface area (Å²) in [6.45, 7) is 7.19. The zero-order chi connectivity index (χ0) is 21.3. The molecule has 2 N–H and O–H groups in total. The Morgan fingerprint density at radius 3 is 2.52 bits per heavy atom. The Labute approximate surface area is 174 Å². The number of rotatable bonds is 5. The summed E-state index contributed by atoms with van der Waals surface area (Å²) in [5, 5.41) is 6.20. The first kappa shape index (κ1) is 21.0. The van der Waals surface area contributed by atoms with E-state index in [1.807, 2.05) is 20.8 Å². The summed E-state index contributed by atoms with van der Waals surface area (Å²) >= 11 is 6.10. The molecule has 0 radical (unpaired) electrons. The number of aryl methyl sites for hydroxylation is 1. The average molecular weight is 417 g/mol. The van der Waals surface area contributed by atoms with Crippen molar-refractivity contribution in [3.63, 3.8) is 0 Å². The third-order valence-electron chi connectivity index (χ3n) is 4.48. The van der Waals surface area contributed by atoms with Gasteiger partial charge in [0.1, 0.15) is 12.4 Å². The Kier molecular flexibility index (Phi) is 5.80. The van der Waals surface area contributed by atoms with Crippen LogP contribution >= 0.6 is 11.6 Å². The number of amides is 2. The number of hydrogen-bond donors (Lipinski definition) is 2. The molecule has 0 bridgehead atoms. The van der Waals surface area contributed by atoms with Crippen molar-refractivity contribution in [2.24, 2.45) is 5.92 Å². The smallest absolute Gasteiger partial charge is 0.254 e. The number of nitrogens with one attached hydrogen (secondary N) is 2. The molecule has 154 valence electrons. The highest BCUT2D eigenvalue weighted by molar-refractivity contribution is 6.31. The van der Waals surface area contributed by atoms with E-state index in [2.05, 4.69) is 15.6 Å². The summed E-state index contributed by atoms with van der Waals surface area (Å²) in [4.78, 5) is 41.6. The monoisotopic (exact) mass is 416 g/mol. The number of halogens is 1. The summed E-state index contributed by atoms with van der Waals surface area (Å²) < 4.78 is 1.32. The molecule has 7 nitrogen and oxygen atoms in total. The van der Waals surface area contributed by atoms with Gasteiger partial charge in [-0.3, -0.25) is 19.0 Å². The number of carbonyl (C=O) groups is 2. The average Bonchev–Trinajstić information content (AvgIpc) is 3.41. The molecule has 0 spiro atoms. The maximum atomic E-state index is 12.7. The van der Waals surface area contributed by atoms with Crippen LogP contribution in [-0.2, 0) is 16.1 Å². The third-order valence-corrected chi connectivity index (χ3v) is 4.71. The fraction of sp³-hybridized carbons (Fsp3) is 0.429. The SMILES string of the molecule is Cc1nc(-c2ccc(Cl)cc2NC(=O)C2CC2)cc(=O)n1CC(=O)NC(C)(C)C. The van der Waals surface area contributed by atoms with Gasteiger partial charge in [-0.2, -0.15) is 0 Å². The fourth-order valence-corrected chi connectivity index (χ4v) is 3.15. The van der Waals surface area contributed by atoms with Gasteiger partial charge in [0.25, 0.3) is 5.56 Å². The van der Waals surface area contributed by atoms with Crippen molar-refractivity contribution >= 4 is 29.1 Å². The first-order valence-corrected chi connectivity index (χ1v) is 9.91. The number of hydrogen-bond acceptors (Lipinski definition) is 4. The molecule has 0 aliphatic heterocycles. The van der Waals surface area contributed by atoms with Crippen LogP contribution in [-0.4, -0.2) is 26.9 Å². The van der Waals surface area contributed by atoms with E-state index >= 15 is 0 Å². The molecule has 1 aliphatic rings. The predicted octanol–water partition coefficient (Wildman–Crippen LogP) is 3.14. The van der Waals surface area contributed by atoms with Crippen molar-refractivity contribution in [2.75, 3.05) is 5.32 Å². The maximum absolute atomic E-state index is 12.7. The van der Waals surface area contributed by atoms with Crippen LogP contribution in [0.1, 0.15) is 39.4 Å². The van der Waals surface area contributed by atoms with Gasteiger partial charge in [0, 0.05) is 28.1 Å². The molecule has 29 heavy (non-hydrogen) atoms. The molecule has 1 aromatic carbocycles. The van der Waals surface area contributed by atoms with Crippen LogP contribution in [0.2, 0.25) is 5.02 Å². The van der Waals surface area contributed by atoms with Crippen LogP contribution in [0.3, 0.4) is 0 Å². The number of nitrogens with zero attached hydrogens (tertiary/aromatic N) is 2. The van der Waals surface area contributed by atoms with E-state index in [1.165, 1.54) is 10.6 Å². The normalized spacial score (nSPS) is 13.8. The summed E-state index contributed by atoms with van der Waals surface area (Å²) in [7, 11) is 0. The van der Waals surface area contributed by atoms with Gasteiger partial charge in [-0.1, -0.05) is 11.6 Å². The standard InChI is InChI=1S/C21H25ClN4O3/c1-12-23-17(10-19(28)26(12)11-18(27)25-21(2,3)4)15-8-7-14(22)9-16(15)24-20(29)13-5-6-13/h7-10,13H,5-6,11H2,1-4H3,(H,24,29)(H,25,27). The zero-order valence-electron chi connectivity index (χ0n) is 17.0. The highest BCUT2D eigenvalue weighted by atomic mass is 35.5. The molecule has 0 atom stereocenters. The maximum Gasteiger partial charge on any atom is 0.254 e. The minimum Gasteiger partial charge on any atom is -0.350 e. The summed E-state index contributed by atoms with van der Waals surface area (Å²) in [5.74, 6) is 0.121. The number of aromatic nitrogens is 2. The van der Waals surface area contributed by atoms with Crippen LogP contribution < -0.4 is 16.2 Å². The van der Waals surface area contributed by atoms with Gasteiger partial charge in [0.05, 0.1) is 11.4 Å². The fourth-order valence-electron chi connectivity index (χ4n) is 2.98. The molecular formula is C21H25ClN4O3. The first-order valence-electron chi connectivity index (χ1n) is 9.54. The van der Waals surface area contributed by atoms with E-state index in [1.54, 1.807) is 25.1 Å². The van der Waals surface area contributed by atoms with Gasteiger partial charge in [0.2, 0.25) is 11.8 Å². The Bertz CT molecular complexity index is 1020. The van der Waals surface area contributed by atoms with Crippen molar-refractivity contribution in [1.82, 2.24) is 14.9 Å². The molecule has 1 heterocycles. The molecule has 1 aromatic heterocycles. The summed E-state index contributed by atoms with van der Waals surface area (Å²) in [6, 6.07) is 6.43. The lowest BCUT2D eigenvalue weighted by molar-refractivity contribution is -0.123. The minimum absolute atomic E-state index is 0.0332. The molecule has 3 rings (SSSR count). The van der Waals surface area contributed by atoms with Crippen molar-refractivity contribution in [2.45, 2.75) is 52.6 Å². The second kappa shape index (κ2) is 7.99. The lowest BCUT2D eigenvalue weighted by atomic mass is 10.1. The Morgan fingerprint density at radius 1 is 1.24 bits per heavy atom. The van der Waals surface area contributed by atoms with Crippen LogP contribution in [0.5, 0.6) is 0 Å². The van der Waals surface area contributed by atoms with Crippen molar-refractivity contribution < 1.29 is 9.59 Å². The summed E-state index contributed by atoms with van der Waals surface area (Å²) in [6.07, 6.45) is 1.76. The van der Waals surface area contributed by atoms with E-state index in [9.17, 15) is 14.4 Å². The number of carbonyl (C=O) groups excluding carboxylic acids is 2. The quantitative estimate of drug-likeness (QED) is 0.783. The molecule has 2 amide bonds. The highest BCUT2D eigenvalue weighted by Crippen LogP contribution is 2.33. The molecular weight excluding hydrogens is 392 g/mol. The van der Waals surface area contributed by atoms with Gasteiger partial charge in [-0.25, -0.2) is 4.98 Å². The largest absolute Gasteiger partial charge is 0.350 e. The zero-order valence-corrected chi connectivity index (χ0v) is 17.8. The van der Waals surface area contributed by atoms with E-state index in [4.69, 9.17) is 11.6 Å². The molecule has 1 saturated carbocycles. The third kappa shape index (κ3) is 5.44. The van der Waals surface area contributed by atoms with Crippen LogP contribution in [0.25, 0.3) is 11.3 Å². The Balaban J connectivity index is 1.91. The van der Waals surface area contributed by atoms with E-state index in [0.717, 1.165) is 12.8 Å². The molecule has 1 aliphatic carbocycles. The molecule has 0 saturated heterocycles. The van der Waals surface area contributed by atoms with Crippen LogP contribution in [0, 0.1) is 12.8 Å². The second-order valence-corrected chi connectivity index (χ2v) is 8.80. The van der Waals surface area contributed by atoms with Gasteiger partial charge in [-0.15, -0.1) is 0 Å². The van der Waals surface area contributed by atoms with Crippen molar-refractivity contribution in [3.05, 3.63) is 45.5 Å². The minimum atomic E-state index is -0.389. The Morgan fingerprint density at radius 2 is 1.93 bits per heavy atom. The van der Waals surface area contributed by atoms with Gasteiger partial charge < -0.3 is 10.6 Å². The summed E-state index contributed by atoms with van der Waals surface area (Å²) in [5.41, 5.74) is 0.812. The van der Waals surface area contributed by atoms with E-state index < -0.39 is 0 Å². The van der Waals surface area contributed by atoms with Crippen LogP contribution in [0.15, 0.2) is 29.1 Å². The van der Waals surface area contributed by atoms with E-state index in [0.29, 0.717) is 27.8 Å². The van der Waals surface area contributed by atoms with Crippen molar-refractivity contribution in [3.8, 4) is 11.3 Å². The van der Waals surface area contributed by atoms with Crippen molar-refractivity contribution in [1.29, 1.82) is 0 Å². The van der Waals surface area contributed by atoms with Crippen LogP contribution in [0.4, 0.5) is 5.69 Å². The lowest BCUT2D eigenvalue weighted by Gasteiger charge is -2.21. The second-order valence-electron chi connectivity index (χ2n) is 8.36. The van der Waals surface area contributed by atoms with Gasteiger partial charge >= 0.3 is 0 Å². The highest BCUT2D eigenvalue weighted by Gasteiger charge is 2.30. The van der Waals surface area contributed by atoms with E-state index in [-0.39, 0.29) is 35.4 Å². The topological polar surface area (TPSA) is 93.1 Å². The Hall–Kier alpha value is -2.67. The first-order chi connectivity index (χ1) is 13.5. The molecule has 0 unspecified atom stereocenters. The van der Waals surface area contributed by atoms with Gasteiger partial charge in [-0.05, 0) is 58.7 Å². The molecule has 8 heteroatoms. The lowest BCUT2D eigenvalue weighted by Crippen LogP contribution is -2.43. The number of benzene rings is 1. The number of anilines is 1. The molecule has 1 fully saturated rings. The van der Waals surface area contributed by atoms with Gasteiger partial charge in [0.15, 0.2) is 0 Å². The predicted molar refractivity (Wildman–Crippen MR) is 113 cm³/mol.